The average molecular weight is 310 g/mol. The number of amides is 1. The van der Waals surface area contributed by atoms with Gasteiger partial charge in [-0.15, -0.1) is 5.10 Å². The normalized spacial score (nSPS) is 10.3. The molecule has 3 aromatic rings. The zero-order valence-electron chi connectivity index (χ0n) is 12.2. The molecule has 8 nitrogen and oxygen atoms in total. The number of nitrogens with one attached hydrogen (secondary N) is 1. The highest BCUT2D eigenvalue weighted by atomic mass is 16.5. The van der Waals surface area contributed by atoms with Crippen LogP contribution in [0, 0.1) is 0 Å². The van der Waals surface area contributed by atoms with Crippen LogP contribution in [0.15, 0.2) is 55.1 Å². The molecule has 2 heterocycles. The minimum atomic E-state index is -0.196. The molecule has 23 heavy (non-hydrogen) atoms. The van der Waals surface area contributed by atoms with Gasteiger partial charge in [-0.05, 0) is 46.3 Å². The van der Waals surface area contributed by atoms with Crippen molar-refractivity contribution in [1.82, 2.24) is 30.5 Å². The molecule has 0 atom stereocenters. The highest BCUT2D eigenvalue weighted by molar-refractivity contribution is 5.77. The van der Waals surface area contributed by atoms with Crippen LogP contribution in [-0.4, -0.2) is 37.7 Å². The van der Waals surface area contributed by atoms with Gasteiger partial charge in [0.15, 0.2) is 6.61 Å². The first kappa shape index (κ1) is 14.6. The van der Waals surface area contributed by atoms with E-state index >= 15 is 0 Å². The summed E-state index contributed by atoms with van der Waals surface area (Å²) in [7, 11) is 0. The fourth-order valence-corrected chi connectivity index (χ4v) is 1.88. The number of benzene rings is 1. The van der Waals surface area contributed by atoms with E-state index in [4.69, 9.17) is 4.74 Å². The molecular formula is C15H14N6O2. The summed E-state index contributed by atoms with van der Waals surface area (Å²) >= 11 is 0. The number of tetrazole rings is 1. The van der Waals surface area contributed by atoms with Gasteiger partial charge in [0.25, 0.3) is 5.91 Å². The zero-order chi connectivity index (χ0) is 15.9. The van der Waals surface area contributed by atoms with Crippen LogP contribution in [-0.2, 0) is 11.3 Å². The van der Waals surface area contributed by atoms with E-state index in [1.165, 1.54) is 11.0 Å². The average Bonchev–Trinajstić information content (AvgIpc) is 3.14. The standard InChI is InChI=1S/C15H14N6O2/c22-15(17-9-12-2-1-7-16-8-12)10-23-14-5-3-13(4-6-14)21-11-18-19-20-21/h1-8,11H,9-10H2,(H,17,22). The lowest BCUT2D eigenvalue weighted by molar-refractivity contribution is -0.123. The number of rotatable bonds is 6. The molecular weight excluding hydrogens is 296 g/mol. The van der Waals surface area contributed by atoms with Crippen LogP contribution >= 0.6 is 0 Å². The van der Waals surface area contributed by atoms with E-state index in [1.54, 1.807) is 36.7 Å². The van der Waals surface area contributed by atoms with Crippen LogP contribution in [0.5, 0.6) is 5.75 Å². The van der Waals surface area contributed by atoms with Crippen molar-refractivity contribution in [2.75, 3.05) is 6.61 Å². The Labute approximate surface area is 132 Å². The smallest absolute Gasteiger partial charge is 0.258 e. The molecule has 2 aromatic heterocycles. The highest BCUT2D eigenvalue weighted by Gasteiger charge is 2.04. The Balaban J connectivity index is 1.47. The van der Waals surface area contributed by atoms with E-state index in [9.17, 15) is 4.79 Å². The largest absolute Gasteiger partial charge is 0.484 e. The zero-order valence-corrected chi connectivity index (χ0v) is 12.2. The Morgan fingerprint density at radius 3 is 2.78 bits per heavy atom. The molecule has 3 rings (SSSR count). The molecule has 0 saturated carbocycles. The van der Waals surface area contributed by atoms with Crippen LogP contribution in [0.25, 0.3) is 5.69 Å². The van der Waals surface area contributed by atoms with Gasteiger partial charge in [0.1, 0.15) is 12.1 Å². The number of pyridine rings is 1. The van der Waals surface area contributed by atoms with E-state index in [2.05, 4.69) is 25.8 Å². The molecule has 0 aliphatic carbocycles. The van der Waals surface area contributed by atoms with Crippen molar-refractivity contribution < 1.29 is 9.53 Å². The first-order valence-corrected chi connectivity index (χ1v) is 6.93. The molecule has 1 amide bonds. The topological polar surface area (TPSA) is 94.8 Å². The number of carbonyl (C=O) groups excluding carboxylic acids is 1. The van der Waals surface area contributed by atoms with Gasteiger partial charge in [-0.2, -0.15) is 0 Å². The number of hydrogen-bond donors (Lipinski definition) is 1. The van der Waals surface area contributed by atoms with Crippen LogP contribution in [0.3, 0.4) is 0 Å². The second kappa shape index (κ2) is 7.12. The molecule has 0 radical (unpaired) electrons. The minimum Gasteiger partial charge on any atom is -0.484 e. The van der Waals surface area contributed by atoms with Gasteiger partial charge in [-0.3, -0.25) is 9.78 Å². The molecule has 116 valence electrons. The number of hydrogen-bond acceptors (Lipinski definition) is 6. The molecule has 1 aromatic carbocycles. The molecule has 0 aliphatic heterocycles. The van der Waals surface area contributed by atoms with Gasteiger partial charge < -0.3 is 10.1 Å². The van der Waals surface area contributed by atoms with Crippen molar-refractivity contribution in [3.63, 3.8) is 0 Å². The molecule has 8 heteroatoms. The third-order valence-corrected chi connectivity index (χ3v) is 3.03. The molecule has 0 spiro atoms. The van der Waals surface area contributed by atoms with Crippen LogP contribution < -0.4 is 10.1 Å². The van der Waals surface area contributed by atoms with E-state index < -0.39 is 0 Å². The molecule has 1 N–H and O–H groups in total. The summed E-state index contributed by atoms with van der Waals surface area (Å²) in [5, 5.41) is 13.7. The van der Waals surface area contributed by atoms with Crippen molar-refractivity contribution >= 4 is 5.91 Å². The number of aromatic nitrogens is 5. The summed E-state index contributed by atoms with van der Waals surface area (Å²) < 4.78 is 6.97. The molecule has 0 unspecified atom stereocenters. The third kappa shape index (κ3) is 4.10. The molecule has 0 fully saturated rings. The maximum Gasteiger partial charge on any atom is 0.258 e. The quantitative estimate of drug-likeness (QED) is 0.722. The van der Waals surface area contributed by atoms with Crippen molar-refractivity contribution in [2.45, 2.75) is 6.54 Å². The van der Waals surface area contributed by atoms with E-state index in [0.717, 1.165) is 11.3 Å². The Hall–Kier alpha value is -3.29. The van der Waals surface area contributed by atoms with Crippen molar-refractivity contribution in [1.29, 1.82) is 0 Å². The Morgan fingerprint density at radius 2 is 2.09 bits per heavy atom. The van der Waals surface area contributed by atoms with E-state index in [-0.39, 0.29) is 12.5 Å². The summed E-state index contributed by atoms with van der Waals surface area (Å²) in [6, 6.07) is 10.8. The van der Waals surface area contributed by atoms with Crippen molar-refractivity contribution in [2.24, 2.45) is 0 Å². The number of carbonyl (C=O) groups is 1. The maximum atomic E-state index is 11.8. The lowest BCUT2D eigenvalue weighted by atomic mass is 10.3. The summed E-state index contributed by atoms with van der Waals surface area (Å²) in [6.45, 7) is 0.374. The maximum absolute atomic E-state index is 11.8. The molecule has 0 aliphatic rings. The summed E-state index contributed by atoms with van der Waals surface area (Å²) in [5.41, 5.74) is 1.75. The Kier molecular flexibility index (Phi) is 4.53. The van der Waals surface area contributed by atoms with E-state index in [0.29, 0.717) is 12.3 Å². The SMILES string of the molecule is O=C(COc1ccc(-n2cnnn2)cc1)NCc1cccnc1. The number of nitrogens with zero attached hydrogens (tertiary/aromatic N) is 5. The first-order chi connectivity index (χ1) is 11.3. The second-order valence-corrected chi connectivity index (χ2v) is 4.67. The highest BCUT2D eigenvalue weighted by Crippen LogP contribution is 2.14. The van der Waals surface area contributed by atoms with Crippen LogP contribution in [0.4, 0.5) is 0 Å². The molecule has 0 bridgehead atoms. The summed E-state index contributed by atoms with van der Waals surface area (Å²) in [4.78, 5) is 15.7. The monoisotopic (exact) mass is 310 g/mol. The molecule has 0 saturated heterocycles. The van der Waals surface area contributed by atoms with Gasteiger partial charge in [-0.1, -0.05) is 6.07 Å². The van der Waals surface area contributed by atoms with Crippen molar-refractivity contribution in [3.05, 3.63) is 60.7 Å². The minimum absolute atomic E-state index is 0.0511. The number of ether oxygens (including phenoxy) is 1. The van der Waals surface area contributed by atoms with Crippen LogP contribution in [0.2, 0.25) is 0 Å². The van der Waals surface area contributed by atoms with Crippen LogP contribution in [0.1, 0.15) is 5.56 Å². The van der Waals surface area contributed by atoms with Gasteiger partial charge in [0.2, 0.25) is 0 Å². The van der Waals surface area contributed by atoms with Gasteiger partial charge in [0.05, 0.1) is 5.69 Å². The fourth-order valence-electron chi connectivity index (χ4n) is 1.88. The predicted octanol–water partition coefficient (Wildman–Crippen LogP) is 0.752. The van der Waals surface area contributed by atoms with Gasteiger partial charge in [0, 0.05) is 18.9 Å². The van der Waals surface area contributed by atoms with Gasteiger partial charge in [-0.25, -0.2) is 4.68 Å². The predicted molar refractivity (Wildman–Crippen MR) is 80.7 cm³/mol. The Bertz CT molecular complexity index is 743. The first-order valence-electron chi connectivity index (χ1n) is 6.93. The lowest BCUT2D eigenvalue weighted by Crippen LogP contribution is -2.28. The Morgan fingerprint density at radius 1 is 1.22 bits per heavy atom. The van der Waals surface area contributed by atoms with E-state index in [1.807, 2.05) is 12.1 Å². The summed E-state index contributed by atoms with van der Waals surface area (Å²) in [5.74, 6) is 0.400. The lowest BCUT2D eigenvalue weighted by Gasteiger charge is -2.08. The fraction of sp³-hybridized carbons (Fsp3) is 0.133. The summed E-state index contributed by atoms with van der Waals surface area (Å²) in [6.07, 6.45) is 4.90. The van der Waals surface area contributed by atoms with Crippen molar-refractivity contribution in [3.8, 4) is 11.4 Å². The third-order valence-electron chi connectivity index (χ3n) is 3.03. The van der Waals surface area contributed by atoms with Gasteiger partial charge >= 0.3 is 0 Å². The second-order valence-electron chi connectivity index (χ2n) is 4.67.